The Morgan fingerprint density at radius 1 is 1.15 bits per heavy atom. The first-order valence-corrected chi connectivity index (χ1v) is 13.7. The Morgan fingerprint density at radius 2 is 1.83 bits per heavy atom. The SMILES string of the molecule is COCOc1cc(F)c(Cl)cc1C(=O)CCC(C)(C)CC(=O)Nc1c(CCN(C)C)n(C)n(-c2ccccc2)c1=O. The number of aromatic nitrogens is 2. The number of hydrogen-bond donors (Lipinski definition) is 1. The van der Waals surface area contributed by atoms with Crippen LogP contribution in [0.3, 0.4) is 0 Å². The number of halogens is 2. The van der Waals surface area contributed by atoms with Gasteiger partial charge in [-0.1, -0.05) is 43.6 Å². The zero-order chi connectivity index (χ0) is 30.3. The van der Waals surface area contributed by atoms with Crippen molar-refractivity contribution in [1.29, 1.82) is 0 Å². The number of benzene rings is 2. The van der Waals surface area contributed by atoms with Crippen LogP contribution in [0.25, 0.3) is 5.69 Å². The average molecular weight is 589 g/mol. The summed E-state index contributed by atoms with van der Waals surface area (Å²) in [5, 5.41) is 2.68. The zero-order valence-electron chi connectivity index (χ0n) is 24.4. The number of anilines is 1. The Bertz CT molecular complexity index is 1430. The van der Waals surface area contributed by atoms with E-state index in [0.717, 1.165) is 6.07 Å². The fourth-order valence-electron chi connectivity index (χ4n) is 4.53. The highest BCUT2D eigenvalue weighted by molar-refractivity contribution is 6.31. The minimum absolute atomic E-state index is 0.0401. The maximum Gasteiger partial charge on any atom is 0.295 e. The number of hydrogen-bond acceptors (Lipinski definition) is 6. The fraction of sp³-hybridized carbons (Fsp3) is 0.433. The Balaban J connectivity index is 1.76. The van der Waals surface area contributed by atoms with Gasteiger partial charge in [0.05, 0.1) is 22.0 Å². The highest BCUT2D eigenvalue weighted by atomic mass is 35.5. The molecule has 0 saturated carbocycles. The molecule has 11 heteroatoms. The fourth-order valence-corrected chi connectivity index (χ4v) is 4.69. The molecular weight excluding hydrogens is 551 g/mol. The second kappa shape index (κ2) is 13.9. The molecule has 0 aliphatic rings. The molecule has 1 aromatic heterocycles. The number of nitrogens with zero attached hydrogens (tertiary/aromatic N) is 3. The van der Waals surface area contributed by atoms with E-state index < -0.39 is 11.2 Å². The Morgan fingerprint density at radius 3 is 2.46 bits per heavy atom. The molecule has 3 aromatic rings. The van der Waals surface area contributed by atoms with Crippen molar-refractivity contribution in [2.24, 2.45) is 12.5 Å². The molecule has 0 fully saturated rings. The lowest BCUT2D eigenvalue weighted by Crippen LogP contribution is -2.26. The molecule has 41 heavy (non-hydrogen) atoms. The highest BCUT2D eigenvalue weighted by Gasteiger charge is 2.27. The molecule has 3 rings (SSSR count). The number of likely N-dealkylation sites (N-methyl/N-ethyl adjacent to an activating group) is 1. The van der Waals surface area contributed by atoms with Crippen LogP contribution < -0.4 is 15.6 Å². The third-order valence-electron chi connectivity index (χ3n) is 6.77. The van der Waals surface area contributed by atoms with Gasteiger partial charge in [-0.15, -0.1) is 0 Å². The quantitative estimate of drug-likeness (QED) is 0.209. The molecule has 0 atom stereocenters. The topological polar surface area (TPSA) is 94.8 Å². The molecule has 0 radical (unpaired) electrons. The molecular formula is C30H38ClFN4O5. The number of methoxy groups -OCH3 is 1. The van der Waals surface area contributed by atoms with Crippen LogP contribution in [0.5, 0.6) is 5.75 Å². The normalized spacial score (nSPS) is 11.6. The van der Waals surface area contributed by atoms with Gasteiger partial charge in [0.1, 0.15) is 17.3 Å². The summed E-state index contributed by atoms with van der Waals surface area (Å²) in [5.74, 6) is -1.29. The lowest BCUT2D eigenvalue weighted by molar-refractivity contribution is -0.118. The van der Waals surface area contributed by atoms with Crippen molar-refractivity contribution in [1.82, 2.24) is 14.3 Å². The van der Waals surface area contributed by atoms with Gasteiger partial charge in [-0.05, 0) is 44.1 Å². The third kappa shape index (κ3) is 8.28. The molecule has 222 valence electrons. The van der Waals surface area contributed by atoms with Crippen LogP contribution in [0.1, 0.15) is 49.2 Å². The summed E-state index contributed by atoms with van der Waals surface area (Å²) in [6, 6.07) is 11.5. The first-order chi connectivity index (χ1) is 19.3. The lowest BCUT2D eigenvalue weighted by atomic mass is 9.82. The summed E-state index contributed by atoms with van der Waals surface area (Å²) in [6.07, 6.45) is 1.06. The molecule has 1 amide bonds. The maximum absolute atomic E-state index is 14.0. The molecule has 0 saturated heterocycles. The van der Waals surface area contributed by atoms with Gasteiger partial charge in [0.15, 0.2) is 12.6 Å². The number of amides is 1. The van der Waals surface area contributed by atoms with Crippen LogP contribution in [0.2, 0.25) is 5.02 Å². The third-order valence-corrected chi connectivity index (χ3v) is 7.06. The second-order valence-corrected chi connectivity index (χ2v) is 11.4. The van der Waals surface area contributed by atoms with E-state index in [1.165, 1.54) is 13.2 Å². The standard InChI is InChI=1S/C30H38ClFN4O5/c1-30(2,14-12-25(37)21-16-22(31)23(32)17-26(21)41-19-40-6)18-27(38)33-28-24(13-15-34(3)4)35(5)36(29(28)39)20-10-8-7-9-11-20/h7-11,16-17H,12-15,18-19H2,1-6H3,(H,33,38). The van der Waals surface area contributed by atoms with Gasteiger partial charge in [-0.3, -0.25) is 19.1 Å². The number of para-hydroxylation sites is 1. The van der Waals surface area contributed by atoms with Crippen LogP contribution in [-0.2, 0) is 23.0 Å². The van der Waals surface area contributed by atoms with Crippen molar-refractivity contribution in [3.63, 3.8) is 0 Å². The van der Waals surface area contributed by atoms with Crippen molar-refractivity contribution in [3.8, 4) is 11.4 Å². The summed E-state index contributed by atoms with van der Waals surface area (Å²) < 4.78 is 27.5. The highest BCUT2D eigenvalue weighted by Crippen LogP contribution is 2.32. The number of ether oxygens (including phenoxy) is 2. The van der Waals surface area contributed by atoms with E-state index >= 15 is 0 Å². The Kier molecular flexibility index (Phi) is 10.9. The molecule has 0 aliphatic carbocycles. The van der Waals surface area contributed by atoms with Gasteiger partial charge in [0.25, 0.3) is 5.56 Å². The number of Topliss-reactive ketones (excluding diaryl/α,β-unsaturated/α-hetero) is 1. The van der Waals surface area contributed by atoms with Gasteiger partial charge in [0.2, 0.25) is 5.91 Å². The first kappa shape index (κ1) is 32.0. The van der Waals surface area contributed by atoms with Gasteiger partial charge >= 0.3 is 0 Å². The summed E-state index contributed by atoms with van der Waals surface area (Å²) >= 11 is 5.92. The van der Waals surface area contributed by atoms with Crippen LogP contribution in [0.4, 0.5) is 10.1 Å². The monoisotopic (exact) mass is 588 g/mol. The van der Waals surface area contributed by atoms with Crippen molar-refractivity contribution in [2.45, 2.75) is 39.5 Å². The molecule has 0 bridgehead atoms. The maximum atomic E-state index is 14.0. The molecule has 0 unspecified atom stereocenters. The average Bonchev–Trinajstić information content (AvgIpc) is 3.14. The van der Waals surface area contributed by atoms with E-state index in [4.69, 9.17) is 21.1 Å². The van der Waals surface area contributed by atoms with E-state index in [0.29, 0.717) is 30.8 Å². The number of carbonyl (C=O) groups excluding carboxylic acids is 2. The van der Waals surface area contributed by atoms with E-state index in [1.807, 2.05) is 63.2 Å². The summed E-state index contributed by atoms with van der Waals surface area (Å²) in [4.78, 5) is 41.8. The second-order valence-electron chi connectivity index (χ2n) is 11.0. The Hall–Kier alpha value is -3.47. The Labute approximate surface area is 244 Å². The van der Waals surface area contributed by atoms with E-state index in [1.54, 1.807) is 16.4 Å². The largest absolute Gasteiger partial charge is 0.467 e. The number of carbonyl (C=O) groups is 2. The predicted molar refractivity (Wildman–Crippen MR) is 158 cm³/mol. The van der Waals surface area contributed by atoms with Crippen LogP contribution in [-0.4, -0.2) is 60.5 Å². The number of ketones is 1. The molecule has 2 aromatic carbocycles. The summed E-state index contributed by atoms with van der Waals surface area (Å²) in [6.45, 7) is 4.28. The van der Waals surface area contributed by atoms with Gasteiger partial charge in [0, 0.05) is 46.0 Å². The molecule has 9 nitrogen and oxygen atoms in total. The van der Waals surface area contributed by atoms with Crippen molar-refractivity contribution in [2.75, 3.05) is 39.9 Å². The van der Waals surface area contributed by atoms with Crippen LogP contribution >= 0.6 is 11.6 Å². The number of rotatable bonds is 14. The van der Waals surface area contributed by atoms with Crippen molar-refractivity contribution in [3.05, 3.63) is 74.9 Å². The van der Waals surface area contributed by atoms with Gasteiger partial charge in [-0.25, -0.2) is 9.07 Å². The first-order valence-electron chi connectivity index (χ1n) is 13.3. The van der Waals surface area contributed by atoms with Gasteiger partial charge in [-0.2, -0.15) is 0 Å². The van der Waals surface area contributed by atoms with E-state index in [2.05, 4.69) is 5.32 Å². The zero-order valence-corrected chi connectivity index (χ0v) is 25.2. The smallest absolute Gasteiger partial charge is 0.295 e. The minimum Gasteiger partial charge on any atom is -0.467 e. The molecule has 1 heterocycles. The van der Waals surface area contributed by atoms with E-state index in [-0.39, 0.29) is 58.9 Å². The molecule has 1 N–H and O–H groups in total. The number of nitrogens with one attached hydrogen (secondary N) is 1. The minimum atomic E-state index is -0.705. The van der Waals surface area contributed by atoms with E-state index in [9.17, 15) is 18.8 Å². The predicted octanol–water partition coefficient (Wildman–Crippen LogP) is 5.07. The van der Waals surface area contributed by atoms with Crippen LogP contribution in [0.15, 0.2) is 47.3 Å². The summed E-state index contributed by atoms with van der Waals surface area (Å²) in [7, 11) is 7.11. The van der Waals surface area contributed by atoms with Crippen LogP contribution in [0, 0.1) is 11.2 Å². The van der Waals surface area contributed by atoms with Crippen molar-refractivity contribution >= 4 is 29.0 Å². The lowest BCUT2D eigenvalue weighted by Gasteiger charge is -2.24. The van der Waals surface area contributed by atoms with Crippen molar-refractivity contribution < 1.29 is 23.5 Å². The van der Waals surface area contributed by atoms with Gasteiger partial charge < -0.3 is 19.7 Å². The summed E-state index contributed by atoms with van der Waals surface area (Å²) in [5.41, 5.74) is 0.895. The molecule has 0 spiro atoms. The molecule has 0 aliphatic heterocycles.